The van der Waals surface area contributed by atoms with Crippen molar-refractivity contribution in [3.05, 3.63) is 91.4 Å². The van der Waals surface area contributed by atoms with Crippen LogP contribution in [-0.2, 0) is 33.8 Å². The van der Waals surface area contributed by atoms with Crippen LogP contribution >= 0.6 is 11.3 Å². The predicted octanol–water partition coefficient (Wildman–Crippen LogP) is 2.93. The van der Waals surface area contributed by atoms with E-state index in [-0.39, 0.29) is 19.1 Å². The molecule has 2 aromatic heterocycles. The quantitative estimate of drug-likeness (QED) is 0.372. The van der Waals surface area contributed by atoms with Gasteiger partial charge in [-0.25, -0.2) is 14.2 Å². The second-order valence-electron chi connectivity index (χ2n) is 9.07. The Morgan fingerprint density at radius 2 is 1.74 bits per heavy atom. The van der Waals surface area contributed by atoms with E-state index in [1.165, 1.54) is 22.8 Å². The maximum Gasteiger partial charge on any atom is 0.338 e. The molecule has 0 saturated heterocycles. The van der Waals surface area contributed by atoms with Gasteiger partial charge in [0.05, 0.1) is 29.8 Å². The number of anilines is 1. The van der Waals surface area contributed by atoms with Crippen molar-refractivity contribution in [2.24, 2.45) is 0 Å². The highest BCUT2D eigenvalue weighted by molar-refractivity contribution is 7.18. The van der Waals surface area contributed by atoms with Crippen LogP contribution in [0.5, 0.6) is 0 Å². The van der Waals surface area contributed by atoms with Crippen molar-refractivity contribution in [1.29, 1.82) is 0 Å². The van der Waals surface area contributed by atoms with E-state index in [0.717, 1.165) is 15.0 Å². The van der Waals surface area contributed by atoms with E-state index in [0.29, 0.717) is 46.7 Å². The molecule has 0 radical (unpaired) electrons. The zero-order chi connectivity index (χ0) is 27.7. The minimum atomic E-state index is -0.631. The first-order chi connectivity index (χ1) is 18.8. The number of thiophene rings is 1. The lowest BCUT2D eigenvalue weighted by atomic mass is 10.1. The topological polar surface area (TPSA) is 120 Å². The van der Waals surface area contributed by atoms with Crippen LogP contribution in [0.4, 0.5) is 5.69 Å². The molecule has 200 valence electrons. The summed E-state index contributed by atoms with van der Waals surface area (Å²) in [6.45, 7) is 3.96. The molecule has 0 spiro atoms. The summed E-state index contributed by atoms with van der Waals surface area (Å²) < 4.78 is 7.38. The molecule has 0 bridgehead atoms. The number of amides is 2. The lowest BCUT2D eigenvalue weighted by Gasteiger charge is -2.25. The maximum absolute atomic E-state index is 13.7. The summed E-state index contributed by atoms with van der Waals surface area (Å²) in [6, 6.07) is 14.8. The van der Waals surface area contributed by atoms with Gasteiger partial charge in [-0.15, -0.1) is 11.3 Å². The molecule has 3 heterocycles. The first kappa shape index (κ1) is 26.1. The van der Waals surface area contributed by atoms with Crippen LogP contribution in [0.2, 0.25) is 0 Å². The van der Waals surface area contributed by atoms with Gasteiger partial charge >= 0.3 is 11.7 Å². The zero-order valence-electron chi connectivity index (χ0n) is 21.4. The molecule has 2 amide bonds. The molecule has 4 aromatic rings. The molecule has 5 rings (SSSR count). The van der Waals surface area contributed by atoms with Crippen molar-refractivity contribution >= 4 is 45.0 Å². The van der Waals surface area contributed by atoms with Gasteiger partial charge in [0.1, 0.15) is 11.4 Å². The van der Waals surface area contributed by atoms with Crippen LogP contribution in [0.25, 0.3) is 15.9 Å². The van der Waals surface area contributed by atoms with Gasteiger partial charge in [-0.1, -0.05) is 18.2 Å². The van der Waals surface area contributed by atoms with Crippen LogP contribution in [0.15, 0.2) is 64.2 Å². The summed E-state index contributed by atoms with van der Waals surface area (Å²) in [6.07, 6.45) is 0.482. The summed E-state index contributed by atoms with van der Waals surface area (Å²) in [5, 5.41) is 3.15. The second-order valence-corrected chi connectivity index (χ2v) is 10.1. The van der Waals surface area contributed by atoms with E-state index in [1.807, 2.05) is 0 Å². The third-order valence-electron chi connectivity index (χ3n) is 6.56. The summed E-state index contributed by atoms with van der Waals surface area (Å²) in [5.41, 5.74) is 0.933. The van der Waals surface area contributed by atoms with Gasteiger partial charge in [-0.2, -0.15) is 0 Å². The fourth-order valence-corrected chi connectivity index (χ4v) is 6.01. The van der Waals surface area contributed by atoms with Crippen molar-refractivity contribution in [2.75, 3.05) is 18.5 Å². The molecule has 0 atom stereocenters. The van der Waals surface area contributed by atoms with Crippen LogP contribution in [0, 0.1) is 0 Å². The predicted molar refractivity (Wildman–Crippen MR) is 148 cm³/mol. The number of hydrogen-bond donors (Lipinski definition) is 1. The lowest BCUT2D eigenvalue weighted by molar-refractivity contribution is -0.129. The van der Waals surface area contributed by atoms with Gasteiger partial charge in [0.25, 0.3) is 5.56 Å². The molecule has 1 aliphatic heterocycles. The molecule has 2 aromatic carbocycles. The Kier molecular flexibility index (Phi) is 7.16. The van der Waals surface area contributed by atoms with Gasteiger partial charge in [0.15, 0.2) is 0 Å². The van der Waals surface area contributed by atoms with Crippen molar-refractivity contribution in [2.45, 2.75) is 33.4 Å². The number of rotatable bonds is 6. The molecular weight excluding hydrogens is 520 g/mol. The monoisotopic (exact) mass is 546 g/mol. The maximum atomic E-state index is 13.7. The highest BCUT2D eigenvalue weighted by atomic mass is 32.1. The number of carbonyl (C=O) groups excluding carboxylic acids is 3. The number of esters is 1. The summed E-state index contributed by atoms with van der Waals surface area (Å²) >= 11 is 1.26. The lowest BCUT2D eigenvalue weighted by Crippen LogP contribution is -2.40. The SMILES string of the molecule is CCOC(=O)c1ccc(NC(=O)Cn2c(=O)n(-c3ccccc3)c(=O)c3c4c(sc32)CN(C(C)=O)CC4)cc1. The largest absolute Gasteiger partial charge is 0.462 e. The van der Waals surface area contributed by atoms with Gasteiger partial charge < -0.3 is 15.0 Å². The molecule has 10 nitrogen and oxygen atoms in total. The van der Waals surface area contributed by atoms with Crippen molar-refractivity contribution in [3.63, 3.8) is 0 Å². The average molecular weight is 547 g/mol. The normalized spacial score (nSPS) is 12.7. The second kappa shape index (κ2) is 10.7. The van der Waals surface area contributed by atoms with E-state index in [9.17, 15) is 24.0 Å². The Morgan fingerprint density at radius 1 is 1.03 bits per heavy atom. The van der Waals surface area contributed by atoms with Crippen molar-refractivity contribution in [1.82, 2.24) is 14.0 Å². The molecule has 0 fully saturated rings. The fraction of sp³-hybridized carbons (Fsp3) is 0.250. The van der Waals surface area contributed by atoms with E-state index >= 15 is 0 Å². The van der Waals surface area contributed by atoms with Crippen molar-refractivity contribution < 1.29 is 19.1 Å². The molecule has 39 heavy (non-hydrogen) atoms. The fourth-order valence-electron chi connectivity index (χ4n) is 4.67. The number of benzene rings is 2. The summed E-state index contributed by atoms with van der Waals surface area (Å²) in [4.78, 5) is 67.3. The average Bonchev–Trinajstić information content (AvgIpc) is 3.31. The Bertz CT molecular complexity index is 1700. The first-order valence-corrected chi connectivity index (χ1v) is 13.3. The number of carbonyl (C=O) groups is 3. The number of ether oxygens (including phenoxy) is 1. The molecule has 0 saturated carbocycles. The Morgan fingerprint density at radius 3 is 2.41 bits per heavy atom. The number of nitrogens with one attached hydrogen (secondary N) is 1. The smallest absolute Gasteiger partial charge is 0.338 e. The van der Waals surface area contributed by atoms with Crippen LogP contribution < -0.4 is 16.6 Å². The van der Waals surface area contributed by atoms with Gasteiger partial charge in [-0.05, 0) is 55.3 Å². The Balaban J connectivity index is 1.55. The molecule has 0 aliphatic carbocycles. The summed E-state index contributed by atoms with van der Waals surface area (Å²) in [5.74, 6) is -1.000. The minimum Gasteiger partial charge on any atom is -0.462 e. The van der Waals surface area contributed by atoms with Crippen LogP contribution in [0.1, 0.15) is 34.6 Å². The molecular formula is C28H26N4O6S. The van der Waals surface area contributed by atoms with E-state index < -0.39 is 23.1 Å². The van der Waals surface area contributed by atoms with E-state index in [1.54, 1.807) is 66.4 Å². The standard InChI is InChI=1S/C28H26N4O6S/c1-3-38-27(36)18-9-11-19(12-10-18)29-23(34)16-31-26-24(21-13-14-30(17(2)33)15-22(21)39-26)25(35)32(28(31)37)20-7-5-4-6-8-20/h4-12H,3,13-16H2,1-2H3,(H,29,34). The first-order valence-electron chi connectivity index (χ1n) is 12.5. The minimum absolute atomic E-state index is 0.0643. The van der Waals surface area contributed by atoms with Gasteiger partial charge in [0, 0.05) is 24.0 Å². The molecule has 1 aliphatic rings. The van der Waals surface area contributed by atoms with E-state index in [2.05, 4.69) is 5.32 Å². The van der Waals surface area contributed by atoms with Gasteiger partial charge in [0.2, 0.25) is 11.8 Å². The summed E-state index contributed by atoms with van der Waals surface area (Å²) in [7, 11) is 0. The number of fused-ring (bicyclic) bond motifs is 3. The van der Waals surface area contributed by atoms with Gasteiger partial charge in [-0.3, -0.25) is 19.0 Å². The van der Waals surface area contributed by atoms with Crippen LogP contribution in [0.3, 0.4) is 0 Å². The molecule has 0 unspecified atom stereocenters. The Hall–Kier alpha value is -4.51. The zero-order valence-corrected chi connectivity index (χ0v) is 22.2. The number of hydrogen-bond acceptors (Lipinski definition) is 7. The van der Waals surface area contributed by atoms with Crippen molar-refractivity contribution in [3.8, 4) is 5.69 Å². The highest BCUT2D eigenvalue weighted by Crippen LogP contribution is 2.33. The Labute approximate surface area is 227 Å². The number of nitrogens with zero attached hydrogens (tertiary/aromatic N) is 3. The van der Waals surface area contributed by atoms with E-state index in [4.69, 9.17) is 4.74 Å². The third-order valence-corrected chi connectivity index (χ3v) is 7.80. The highest BCUT2D eigenvalue weighted by Gasteiger charge is 2.28. The third kappa shape index (κ3) is 5.00. The number of aromatic nitrogens is 2. The molecule has 1 N–H and O–H groups in total. The number of para-hydroxylation sites is 1. The molecule has 11 heteroatoms. The van der Waals surface area contributed by atoms with Crippen LogP contribution in [-0.4, -0.2) is 45.0 Å².